The van der Waals surface area contributed by atoms with Gasteiger partial charge in [0.05, 0.1) is 10.9 Å². The number of ether oxygens (including phenoxy) is 1. The third kappa shape index (κ3) is 4.42. The molecule has 0 radical (unpaired) electrons. The van der Waals surface area contributed by atoms with Crippen molar-refractivity contribution in [3.8, 4) is 0 Å². The van der Waals surface area contributed by atoms with Crippen molar-refractivity contribution in [2.45, 2.75) is 38.5 Å². The van der Waals surface area contributed by atoms with Crippen LogP contribution < -0.4 is 0 Å². The van der Waals surface area contributed by atoms with Crippen molar-refractivity contribution in [1.82, 2.24) is 9.88 Å². The lowest BCUT2D eigenvalue weighted by atomic mass is 9.73. The molecule has 2 aliphatic heterocycles. The van der Waals surface area contributed by atoms with Gasteiger partial charge in [-0.2, -0.15) is 0 Å². The predicted octanol–water partition coefficient (Wildman–Crippen LogP) is 5.06. The van der Waals surface area contributed by atoms with E-state index in [1.165, 1.54) is 16.5 Å². The van der Waals surface area contributed by atoms with Crippen LogP contribution in [0, 0.1) is 11.3 Å². The van der Waals surface area contributed by atoms with Crippen LogP contribution in [0.25, 0.3) is 10.9 Å². The van der Waals surface area contributed by atoms with E-state index in [-0.39, 0.29) is 5.41 Å². The summed E-state index contributed by atoms with van der Waals surface area (Å²) in [6.07, 6.45) is 7.51. The van der Waals surface area contributed by atoms with Crippen molar-refractivity contribution < 1.29 is 9.53 Å². The number of benzene rings is 2. The molecular weight excluding hydrogens is 396 g/mol. The number of pyridine rings is 1. The number of para-hydroxylation sites is 1. The maximum Gasteiger partial charge on any atom is 0.229 e. The standard InChI is InChI=1S/C28H32N2O2/c31-27(28(13-18-32-19-14-28)21-23-6-2-1-3-7-23)30-16-11-22(12-17-30)20-25-9-4-8-24-10-5-15-29-26(24)25/h1-10,15,22H,11-14,16-21H2. The smallest absolute Gasteiger partial charge is 0.229 e. The lowest BCUT2D eigenvalue weighted by Crippen LogP contribution is -2.50. The van der Waals surface area contributed by atoms with E-state index in [9.17, 15) is 4.79 Å². The number of aromatic nitrogens is 1. The summed E-state index contributed by atoms with van der Waals surface area (Å²) < 4.78 is 5.64. The van der Waals surface area contributed by atoms with E-state index in [1.54, 1.807) is 0 Å². The number of rotatable bonds is 5. The summed E-state index contributed by atoms with van der Waals surface area (Å²) in [6.45, 7) is 3.09. The zero-order chi connectivity index (χ0) is 21.8. The summed E-state index contributed by atoms with van der Waals surface area (Å²) in [6, 6.07) is 21.1. The highest BCUT2D eigenvalue weighted by Gasteiger charge is 2.43. The van der Waals surface area contributed by atoms with E-state index < -0.39 is 0 Å². The van der Waals surface area contributed by atoms with Gasteiger partial charge in [-0.1, -0.05) is 54.6 Å². The number of nitrogens with zero attached hydrogens (tertiary/aromatic N) is 2. The molecule has 4 nitrogen and oxygen atoms in total. The third-order valence-corrected chi connectivity index (χ3v) is 7.42. The number of carbonyl (C=O) groups excluding carboxylic acids is 1. The van der Waals surface area contributed by atoms with E-state index in [0.29, 0.717) is 25.0 Å². The quantitative estimate of drug-likeness (QED) is 0.571. The Hall–Kier alpha value is -2.72. The summed E-state index contributed by atoms with van der Waals surface area (Å²) in [7, 11) is 0. The zero-order valence-corrected chi connectivity index (χ0v) is 18.7. The minimum absolute atomic E-state index is 0.313. The highest BCUT2D eigenvalue weighted by atomic mass is 16.5. The maximum atomic E-state index is 13.8. The Labute approximate surface area is 190 Å². The first kappa shape index (κ1) is 21.1. The van der Waals surface area contributed by atoms with Crippen LogP contribution in [0.3, 0.4) is 0 Å². The molecule has 2 aliphatic rings. The number of hydrogen-bond donors (Lipinski definition) is 0. The largest absolute Gasteiger partial charge is 0.381 e. The predicted molar refractivity (Wildman–Crippen MR) is 127 cm³/mol. The number of piperidine rings is 1. The summed E-state index contributed by atoms with van der Waals surface area (Å²) in [4.78, 5) is 20.5. The highest BCUT2D eigenvalue weighted by Crippen LogP contribution is 2.38. The molecule has 0 aliphatic carbocycles. The van der Waals surface area contributed by atoms with Crippen LogP contribution in [0.2, 0.25) is 0 Å². The average molecular weight is 429 g/mol. The minimum Gasteiger partial charge on any atom is -0.381 e. The van der Waals surface area contributed by atoms with Crippen LogP contribution in [-0.2, 0) is 22.4 Å². The molecular formula is C28H32N2O2. The summed E-state index contributed by atoms with van der Waals surface area (Å²) in [5, 5.41) is 1.21. The highest BCUT2D eigenvalue weighted by molar-refractivity contribution is 5.83. The molecule has 32 heavy (non-hydrogen) atoms. The van der Waals surface area contributed by atoms with Crippen LogP contribution in [-0.4, -0.2) is 42.1 Å². The van der Waals surface area contributed by atoms with Crippen LogP contribution in [0.1, 0.15) is 36.8 Å². The molecule has 1 amide bonds. The second kappa shape index (κ2) is 9.41. The Morgan fingerprint density at radius 2 is 1.72 bits per heavy atom. The van der Waals surface area contributed by atoms with Crippen molar-refractivity contribution >= 4 is 16.8 Å². The Morgan fingerprint density at radius 3 is 2.50 bits per heavy atom. The number of fused-ring (bicyclic) bond motifs is 1. The van der Waals surface area contributed by atoms with E-state index in [0.717, 1.165) is 57.1 Å². The first-order valence-corrected chi connectivity index (χ1v) is 12.0. The molecule has 2 aromatic carbocycles. The van der Waals surface area contributed by atoms with Gasteiger partial charge >= 0.3 is 0 Å². The van der Waals surface area contributed by atoms with Crippen molar-refractivity contribution in [2.24, 2.45) is 11.3 Å². The molecule has 166 valence electrons. The first-order valence-electron chi connectivity index (χ1n) is 12.0. The fourth-order valence-corrected chi connectivity index (χ4v) is 5.53. The molecule has 0 bridgehead atoms. The van der Waals surface area contributed by atoms with Gasteiger partial charge in [-0.25, -0.2) is 0 Å². The molecule has 2 fully saturated rings. The van der Waals surface area contributed by atoms with Crippen LogP contribution in [0.15, 0.2) is 66.9 Å². The SMILES string of the molecule is O=C(N1CCC(Cc2cccc3cccnc23)CC1)C1(Cc2ccccc2)CCOCC1. The normalized spacial score (nSPS) is 19.2. The molecule has 2 saturated heterocycles. The summed E-state index contributed by atoms with van der Waals surface area (Å²) in [5.41, 5.74) is 3.39. The van der Waals surface area contributed by atoms with Crippen molar-refractivity contribution in [2.75, 3.05) is 26.3 Å². The molecule has 0 atom stereocenters. The van der Waals surface area contributed by atoms with Gasteiger partial charge in [0.1, 0.15) is 0 Å². The molecule has 3 aromatic rings. The lowest BCUT2D eigenvalue weighted by molar-refractivity contribution is -0.149. The van der Waals surface area contributed by atoms with Gasteiger partial charge in [-0.15, -0.1) is 0 Å². The van der Waals surface area contributed by atoms with Crippen LogP contribution in [0.4, 0.5) is 0 Å². The van der Waals surface area contributed by atoms with E-state index >= 15 is 0 Å². The fraction of sp³-hybridized carbons (Fsp3) is 0.429. The Bertz CT molecular complexity index is 1050. The average Bonchev–Trinajstić information content (AvgIpc) is 2.85. The Morgan fingerprint density at radius 1 is 0.969 bits per heavy atom. The van der Waals surface area contributed by atoms with Crippen LogP contribution >= 0.6 is 0 Å². The number of amides is 1. The molecule has 1 aromatic heterocycles. The Balaban J connectivity index is 1.26. The van der Waals surface area contributed by atoms with Crippen LogP contribution in [0.5, 0.6) is 0 Å². The van der Waals surface area contributed by atoms with Crippen molar-refractivity contribution in [1.29, 1.82) is 0 Å². The van der Waals surface area contributed by atoms with E-state index in [2.05, 4.69) is 58.4 Å². The zero-order valence-electron chi connectivity index (χ0n) is 18.7. The first-order chi connectivity index (χ1) is 15.7. The second-order valence-electron chi connectivity index (χ2n) is 9.49. The minimum atomic E-state index is -0.313. The fourth-order valence-electron chi connectivity index (χ4n) is 5.53. The van der Waals surface area contributed by atoms with Gasteiger partial charge in [0.2, 0.25) is 5.91 Å². The molecule has 0 saturated carbocycles. The molecule has 0 spiro atoms. The molecule has 0 N–H and O–H groups in total. The summed E-state index contributed by atoms with van der Waals surface area (Å²) >= 11 is 0. The lowest BCUT2D eigenvalue weighted by Gasteiger charge is -2.42. The third-order valence-electron chi connectivity index (χ3n) is 7.42. The molecule has 0 unspecified atom stereocenters. The van der Waals surface area contributed by atoms with Crippen molar-refractivity contribution in [3.05, 3.63) is 78.0 Å². The van der Waals surface area contributed by atoms with E-state index in [1.807, 2.05) is 18.3 Å². The second-order valence-corrected chi connectivity index (χ2v) is 9.49. The number of likely N-dealkylation sites (tertiary alicyclic amines) is 1. The number of hydrogen-bond acceptors (Lipinski definition) is 3. The van der Waals surface area contributed by atoms with Gasteiger partial charge < -0.3 is 9.64 Å². The Kier molecular flexibility index (Phi) is 6.22. The molecule has 5 rings (SSSR count). The van der Waals surface area contributed by atoms with Gasteiger partial charge in [0, 0.05) is 37.9 Å². The monoisotopic (exact) mass is 428 g/mol. The van der Waals surface area contributed by atoms with Gasteiger partial charge in [0.25, 0.3) is 0 Å². The van der Waals surface area contributed by atoms with E-state index in [4.69, 9.17) is 4.74 Å². The van der Waals surface area contributed by atoms with Crippen molar-refractivity contribution in [3.63, 3.8) is 0 Å². The maximum absolute atomic E-state index is 13.8. The molecule has 4 heteroatoms. The van der Waals surface area contributed by atoms with Gasteiger partial charge in [-0.05, 0) is 61.6 Å². The molecule has 3 heterocycles. The summed E-state index contributed by atoms with van der Waals surface area (Å²) in [5.74, 6) is 0.946. The number of carbonyl (C=O) groups is 1. The van der Waals surface area contributed by atoms with Gasteiger partial charge in [0.15, 0.2) is 0 Å². The topological polar surface area (TPSA) is 42.4 Å². The van der Waals surface area contributed by atoms with Gasteiger partial charge in [-0.3, -0.25) is 9.78 Å².